The van der Waals surface area contributed by atoms with Crippen LogP contribution in [-0.4, -0.2) is 29.0 Å². The van der Waals surface area contributed by atoms with Crippen molar-refractivity contribution in [3.63, 3.8) is 0 Å². The number of rotatable bonds is 2. The Kier molecular flexibility index (Phi) is 5.36. The van der Waals surface area contributed by atoms with Gasteiger partial charge in [0.25, 0.3) is 0 Å². The average Bonchev–Trinajstić information content (AvgIpc) is 2.29. The molecular weight excluding hydrogens is 229 g/mol. The van der Waals surface area contributed by atoms with Gasteiger partial charge in [0, 0.05) is 24.8 Å². The van der Waals surface area contributed by atoms with Crippen molar-refractivity contribution in [3.05, 3.63) is 17.5 Å². The van der Waals surface area contributed by atoms with Crippen molar-refractivity contribution >= 4 is 11.9 Å². The number of anilines is 1. The van der Waals surface area contributed by atoms with E-state index in [0.29, 0.717) is 11.6 Å². The molecule has 1 fully saturated rings. The summed E-state index contributed by atoms with van der Waals surface area (Å²) in [7, 11) is 0. The number of piperidine rings is 1. The first kappa shape index (κ1) is 14.4. The van der Waals surface area contributed by atoms with Gasteiger partial charge in [-0.1, -0.05) is 0 Å². The second-order valence-corrected chi connectivity index (χ2v) is 4.00. The number of carboxylic acid groups (broad SMARTS) is 1. The molecule has 1 aliphatic rings. The minimum absolute atomic E-state index is 0. The van der Waals surface area contributed by atoms with E-state index < -0.39 is 5.97 Å². The Hall–Kier alpha value is -0.650. The van der Waals surface area contributed by atoms with E-state index in [-0.39, 0.29) is 35.1 Å². The van der Waals surface area contributed by atoms with E-state index in [0.717, 1.165) is 25.9 Å². The Morgan fingerprint density at radius 2 is 2.00 bits per heavy atom. The van der Waals surface area contributed by atoms with Gasteiger partial charge in [-0.15, -0.1) is 0 Å². The monoisotopic (exact) mass is 243 g/mol. The summed E-state index contributed by atoms with van der Waals surface area (Å²) in [6, 6.07) is 0. The molecule has 1 aromatic heterocycles. The van der Waals surface area contributed by atoms with Crippen LogP contribution in [0.5, 0.6) is 0 Å². The molecule has 1 aromatic rings. The number of aromatic carboxylic acids is 1. The minimum atomic E-state index is -1.22. The molecule has 5 nitrogen and oxygen atoms in total. The van der Waals surface area contributed by atoms with E-state index in [1.165, 1.54) is 12.6 Å². The predicted molar refractivity (Wildman–Crippen MR) is 57.2 cm³/mol. The topological polar surface area (TPSA) is 69.2 Å². The number of hydrogen-bond donors (Lipinski definition) is 0. The molecule has 0 aliphatic carbocycles. The van der Waals surface area contributed by atoms with Crippen molar-refractivity contribution in [1.29, 1.82) is 0 Å². The number of carbonyl (C=O) groups is 1. The average molecular weight is 243 g/mol. The van der Waals surface area contributed by atoms with Crippen LogP contribution in [0.4, 0.5) is 5.95 Å². The van der Waals surface area contributed by atoms with Crippen LogP contribution in [0.2, 0.25) is 0 Å². The molecule has 0 unspecified atom stereocenters. The summed E-state index contributed by atoms with van der Waals surface area (Å²) in [6.45, 7) is 3.56. The molecular formula is C11H14N3NaO2. The fraction of sp³-hybridized carbons (Fsp3) is 0.545. The zero-order chi connectivity index (χ0) is 11.5. The Morgan fingerprint density at radius 1 is 1.35 bits per heavy atom. The summed E-state index contributed by atoms with van der Waals surface area (Å²) in [5, 5.41) is 10.7. The first-order chi connectivity index (χ1) is 7.68. The maximum absolute atomic E-state index is 10.7. The zero-order valence-electron chi connectivity index (χ0n) is 10.3. The molecule has 2 heterocycles. The molecule has 6 heteroatoms. The largest absolute Gasteiger partial charge is 1.00 e. The maximum Gasteiger partial charge on any atom is 1.00 e. The smallest absolute Gasteiger partial charge is 0.545 e. The summed E-state index contributed by atoms with van der Waals surface area (Å²) in [5.74, 6) is -0.593. The van der Waals surface area contributed by atoms with Crippen LogP contribution in [0, 0.1) is 6.92 Å². The number of aryl methyl sites for hydroxylation is 1. The zero-order valence-corrected chi connectivity index (χ0v) is 12.3. The summed E-state index contributed by atoms with van der Waals surface area (Å²) >= 11 is 0. The molecule has 0 bridgehead atoms. The maximum atomic E-state index is 10.7. The van der Waals surface area contributed by atoms with Gasteiger partial charge >= 0.3 is 29.6 Å². The van der Waals surface area contributed by atoms with Crippen molar-refractivity contribution in [2.24, 2.45) is 0 Å². The van der Waals surface area contributed by atoms with Gasteiger partial charge in [-0.25, -0.2) is 9.97 Å². The molecule has 86 valence electrons. The van der Waals surface area contributed by atoms with Gasteiger partial charge < -0.3 is 14.8 Å². The quantitative estimate of drug-likeness (QED) is 0.523. The molecule has 0 N–H and O–H groups in total. The van der Waals surface area contributed by atoms with Crippen LogP contribution in [0.15, 0.2) is 6.20 Å². The minimum Gasteiger partial charge on any atom is -0.545 e. The molecule has 1 aliphatic heterocycles. The predicted octanol–water partition coefficient (Wildman–Crippen LogP) is -2.86. The van der Waals surface area contributed by atoms with Crippen molar-refractivity contribution < 1.29 is 39.5 Å². The van der Waals surface area contributed by atoms with Gasteiger partial charge in [0.2, 0.25) is 5.95 Å². The normalized spacial score (nSPS) is 15.2. The molecule has 0 spiro atoms. The molecule has 0 saturated carbocycles. The Balaban J connectivity index is 0.00000144. The van der Waals surface area contributed by atoms with E-state index in [9.17, 15) is 9.90 Å². The second-order valence-electron chi connectivity index (χ2n) is 4.00. The van der Waals surface area contributed by atoms with Gasteiger partial charge in [-0.3, -0.25) is 0 Å². The van der Waals surface area contributed by atoms with Crippen LogP contribution >= 0.6 is 0 Å². The van der Waals surface area contributed by atoms with E-state index >= 15 is 0 Å². The molecule has 0 aromatic carbocycles. The second kappa shape index (κ2) is 6.33. The number of hydrogen-bond acceptors (Lipinski definition) is 5. The van der Waals surface area contributed by atoms with Crippen molar-refractivity contribution in [2.45, 2.75) is 26.2 Å². The van der Waals surface area contributed by atoms with E-state index in [1.807, 2.05) is 0 Å². The fourth-order valence-electron chi connectivity index (χ4n) is 1.90. The first-order valence-electron chi connectivity index (χ1n) is 5.48. The molecule has 1 saturated heterocycles. The van der Waals surface area contributed by atoms with Gasteiger partial charge in [0.05, 0.1) is 11.7 Å². The van der Waals surface area contributed by atoms with Gasteiger partial charge in [-0.2, -0.15) is 0 Å². The summed E-state index contributed by atoms with van der Waals surface area (Å²) < 4.78 is 0. The van der Waals surface area contributed by atoms with Gasteiger partial charge in [-0.05, 0) is 26.2 Å². The van der Waals surface area contributed by atoms with Crippen LogP contribution in [0.3, 0.4) is 0 Å². The third-order valence-electron chi connectivity index (χ3n) is 2.83. The van der Waals surface area contributed by atoms with Crippen LogP contribution in [0.1, 0.15) is 35.3 Å². The van der Waals surface area contributed by atoms with E-state index in [1.54, 1.807) is 6.92 Å². The van der Waals surface area contributed by atoms with Gasteiger partial charge in [0.1, 0.15) is 0 Å². The number of carbonyl (C=O) groups excluding carboxylic acids is 1. The summed E-state index contributed by atoms with van der Waals surface area (Å²) in [5.41, 5.74) is 0.538. The Bertz CT molecular complexity index is 406. The molecule has 2 rings (SSSR count). The third-order valence-corrected chi connectivity index (χ3v) is 2.83. The molecule has 17 heavy (non-hydrogen) atoms. The first-order valence-corrected chi connectivity index (χ1v) is 5.48. The Morgan fingerprint density at radius 3 is 2.53 bits per heavy atom. The fourth-order valence-corrected chi connectivity index (χ4v) is 1.90. The SMILES string of the molecule is Cc1nc(N2CCCCC2)ncc1C(=O)[O-].[Na+]. The third kappa shape index (κ3) is 3.40. The van der Waals surface area contributed by atoms with E-state index in [2.05, 4.69) is 14.9 Å². The summed E-state index contributed by atoms with van der Waals surface area (Å²) in [6.07, 6.45) is 4.86. The molecule has 0 amide bonds. The Labute approximate surface area is 123 Å². The number of aromatic nitrogens is 2. The van der Waals surface area contributed by atoms with Crippen LogP contribution in [-0.2, 0) is 0 Å². The standard InChI is InChI=1S/C11H15N3O2.Na/c1-8-9(10(15)16)7-12-11(13-8)14-5-3-2-4-6-14;/h7H,2-6H2,1H3,(H,15,16);/q;+1/p-1. The van der Waals surface area contributed by atoms with Crippen LogP contribution in [0.25, 0.3) is 0 Å². The number of nitrogens with zero attached hydrogens (tertiary/aromatic N) is 3. The molecule has 0 atom stereocenters. The van der Waals surface area contributed by atoms with E-state index in [4.69, 9.17) is 0 Å². The van der Waals surface area contributed by atoms with Crippen molar-refractivity contribution in [2.75, 3.05) is 18.0 Å². The van der Waals surface area contributed by atoms with Crippen molar-refractivity contribution in [1.82, 2.24) is 9.97 Å². The molecule has 0 radical (unpaired) electrons. The summed E-state index contributed by atoms with van der Waals surface area (Å²) in [4.78, 5) is 21.1. The van der Waals surface area contributed by atoms with Crippen molar-refractivity contribution in [3.8, 4) is 0 Å². The van der Waals surface area contributed by atoms with Gasteiger partial charge in [0.15, 0.2) is 0 Å². The van der Waals surface area contributed by atoms with Crippen LogP contribution < -0.4 is 39.6 Å². The number of carboxylic acids is 1.